The molecule has 0 spiro atoms. The molecule has 0 aliphatic carbocycles. The van der Waals surface area contributed by atoms with E-state index in [4.69, 9.17) is 4.74 Å². The average molecular weight is 189 g/mol. The zero-order valence-corrected chi connectivity index (χ0v) is 8.15. The molecule has 1 fully saturated rings. The number of β-amino-alcohol motifs (C(OH)–C–C–N with tert-alkyl or cyclic N) is 2. The van der Waals surface area contributed by atoms with Gasteiger partial charge in [-0.3, -0.25) is 4.90 Å². The Labute approximate surface area is 79.1 Å². The van der Waals surface area contributed by atoms with Gasteiger partial charge >= 0.3 is 0 Å². The molecule has 1 aliphatic rings. The minimum absolute atomic E-state index is 0.566. The highest BCUT2D eigenvalue weighted by atomic mass is 16.5. The third-order valence-corrected chi connectivity index (χ3v) is 2.23. The van der Waals surface area contributed by atoms with Gasteiger partial charge in [-0.2, -0.15) is 0 Å². The Morgan fingerprint density at radius 1 is 1.23 bits per heavy atom. The number of aliphatic hydroxyl groups excluding tert-OH is 2. The van der Waals surface area contributed by atoms with Crippen molar-refractivity contribution < 1.29 is 14.9 Å². The quantitative estimate of drug-likeness (QED) is 0.570. The first kappa shape index (κ1) is 10.9. The highest BCUT2D eigenvalue weighted by Gasteiger charge is 2.28. The molecule has 78 valence electrons. The second-order valence-electron chi connectivity index (χ2n) is 3.51. The zero-order chi connectivity index (χ0) is 9.68. The Morgan fingerprint density at radius 2 is 1.85 bits per heavy atom. The summed E-state index contributed by atoms with van der Waals surface area (Å²) in [5.41, 5.74) is 0. The van der Waals surface area contributed by atoms with Crippen LogP contribution in [-0.2, 0) is 4.74 Å². The van der Waals surface area contributed by atoms with E-state index in [1.807, 2.05) is 4.90 Å². The molecule has 0 aromatic rings. The minimum Gasteiger partial charge on any atom is -0.389 e. The molecule has 2 atom stereocenters. The van der Waals surface area contributed by atoms with Crippen molar-refractivity contribution in [2.24, 2.45) is 0 Å². The smallest absolute Gasteiger partial charge is 0.0938 e. The Hall–Kier alpha value is -0.160. The zero-order valence-electron chi connectivity index (χ0n) is 8.15. The first-order chi connectivity index (χ1) is 6.24. The molecule has 13 heavy (non-hydrogen) atoms. The third kappa shape index (κ3) is 3.60. The maximum absolute atomic E-state index is 9.24. The van der Waals surface area contributed by atoms with Gasteiger partial charge in [0.15, 0.2) is 0 Å². The van der Waals surface area contributed by atoms with Gasteiger partial charge in [0.25, 0.3) is 0 Å². The molecule has 1 saturated heterocycles. The van der Waals surface area contributed by atoms with E-state index in [1.54, 1.807) is 0 Å². The van der Waals surface area contributed by atoms with Crippen molar-refractivity contribution in [1.82, 2.24) is 4.90 Å². The molecule has 0 saturated carbocycles. The molecule has 0 aromatic heterocycles. The molecule has 0 amide bonds. The lowest BCUT2D eigenvalue weighted by Gasteiger charge is -2.13. The van der Waals surface area contributed by atoms with E-state index in [2.05, 4.69) is 6.92 Å². The van der Waals surface area contributed by atoms with E-state index in [-0.39, 0.29) is 0 Å². The molecule has 1 rings (SSSR count). The van der Waals surface area contributed by atoms with E-state index in [1.165, 1.54) is 0 Å². The summed E-state index contributed by atoms with van der Waals surface area (Å²) >= 11 is 0. The topological polar surface area (TPSA) is 52.9 Å². The van der Waals surface area contributed by atoms with Crippen molar-refractivity contribution in [3.8, 4) is 0 Å². The van der Waals surface area contributed by atoms with Crippen molar-refractivity contribution in [2.45, 2.75) is 25.6 Å². The van der Waals surface area contributed by atoms with Crippen LogP contribution in [0.3, 0.4) is 0 Å². The highest BCUT2D eigenvalue weighted by molar-refractivity contribution is 4.82. The van der Waals surface area contributed by atoms with Crippen LogP contribution < -0.4 is 0 Å². The Kier molecular flexibility index (Phi) is 4.66. The molecular weight excluding hydrogens is 170 g/mol. The van der Waals surface area contributed by atoms with E-state index in [9.17, 15) is 10.2 Å². The largest absolute Gasteiger partial charge is 0.389 e. The van der Waals surface area contributed by atoms with Crippen LogP contribution in [0.1, 0.15) is 13.3 Å². The number of ether oxygens (including phenoxy) is 1. The van der Waals surface area contributed by atoms with Crippen LogP contribution >= 0.6 is 0 Å². The monoisotopic (exact) mass is 189 g/mol. The highest BCUT2D eigenvalue weighted by Crippen LogP contribution is 2.08. The van der Waals surface area contributed by atoms with Crippen LogP contribution in [0.15, 0.2) is 0 Å². The molecule has 4 heteroatoms. The Morgan fingerprint density at radius 3 is 2.38 bits per heavy atom. The predicted molar refractivity (Wildman–Crippen MR) is 49.6 cm³/mol. The normalized spacial score (nSPS) is 29.8. The van der Waals surface area contributed by atoms with Crippen LogP contribution in [0, 0.1) is 0 Å². The second kappa shape index (κ2) is 5.54. The lowest BCUT2D eigenvalue weighted by atomic mass is 10.3. The Bertz CT molecular complexity index is 133. The molecule has 0 unspecified atom stereocenters. The van der Waals surface area contributed by atoms with Gasteiger partial charge in [-0.15, -0.1) is 0 Å². The van der Waals surface area contributed by atoms with Gasteiger partial charge in [0.2, 0.25) is 0 Å². The summed E-state index contributed by atoms with van der Waals surface area (Å²) in [5.74, 6) is 0. The van der Waals surface area contributed by atoms with Crippen molar-refractivity contribution in [1.29, 1.82) is 0 Å². The fraction of sp³-hybridized carbons (Fsp3) is 1.00. The molecule has 0 radical (unpaired) electrons. The summed E-state index contributed by atoms with van der Waals surface area (Å²) in [5, 5.41) is 18.5. The van der Waals surface area contributed by atoms with Gasteiger partial charge in [0, 0.05) is 26.2 Å². The van der Waals surface area contributed by atoms with Gasteiger partial charge in [0.1, 0.15) is 0 Å². The number of aliphatic hydroxyl groups is 2. The Balaban J connectivity index is 2.03. The van der Waals surface area contributed by atoms with Gasteiger partial charge < -0.3 is 14.9 Å². The summed E-state index contributed by atoms with van der Waals surface area (Å²) in [7, 11) is 0. The number of nitrogens with zero attached hydrogens (tertiary/aromatic N) is 1. The molecule has 0 bridgehead atoms. The van der Waals surface area contributed by atoms with E-state index < -0.39 is 12.2 Å². The van der Waals surface area contributed by atoms with Gasteiger partial charge in [-0.25, -0.2) is 0 Å². The maximum Gasteiger partial charge on any atom is 0.0938 e. The number of likely N-dealkylation sites (tertiary alicyclic amines) is 1. The second-order valence-corrected chi connectivity index (χ2v) is 3.51. The molecule has 1 aliphatic heterocycles. The van der Waals surface area contributed by atoms with Gasteiger partial charge in [0.05, 0.1) is 18.8 Å². The lowest BCUT2D eigenvalue weighted by Crippen LogP contribution is -2.26. The first-order valence-electron chi connectivity index (χ1n) is 4.90. The van der Waals surface area contributed by atoms with Crippen molar-refractivity contribution in [3.63, 3.8) is 0 Å². The molecular formula is C9H19NO3. The van der Waals surface area contributed by atoms with Crippen LogP contribution in [0.2, 0.25) is 0 Å². The van der Waals surface area contributed by atoms with E-state index >= 15 is 0 Å². The van der Waals surface area contributed by atoms with Crippen LogP contribution in [0.5, 0.6) is 0 Å². The number of rotatable bonds is 5. The number of hydrogen-bond acceptors (Lipinski definition) is 4. The summed E-state index contributed by atoms with van der Waals surface area (Å²) in [6.45, 7) is 5.48. The maximum atomic E-state index is 9.24. The van der Waals surface area contributed by atoms with E-state index in [0.29, 0.717) is 19.7 Å². The summed E-state index contributed by atoms with van der Waals surface area (Å²) < 4.78 is 5.31. The predicted octanol–water partition coefficient (Wildman–Crippen LogP) is -0.550. The fourth-order valence-electron chi connectivity index (χ4n) is 1.47. The number of hydrogen-bond donors (Lipinski definition) is 2. The van der Waals surface area contributed by atoms with Crippen molar-refractivity contribution in [3.05, 3.63) is 0 Å². The standard InChI is InChI=1S/C9H19NO3/c1-2-4-13-5-3-10-6-8(11)9(12)7-10/h8-9,11-12H,2-7H2,1H3/t8-,9+. The van der Waals surface area contributed by atoms with Crippen LogP contribution in [0.4, 0.5) is 0 Å². The van der Waals surface area contributed by atoms with E-state index in [0.717, 1.165) is 19.6 Å². The molecule has 2 N–H and O–H groups in total. The van der Waals surface area contributed by atoms with Gasteiger partial charge in [-0.05, 0) is 6.42 Å². The lowest BCUT2D eigenvalue weighted by molar-refractivity contribution is 0.0572. The fourth-order valence-corrected chi connectivity index (χ4v) is 1.47. The molecule has 4 nitrogen and oxygen atoms in total. The first-order valence-corrected chi connectivity index (χ1v) is 4.90. The van der Waals surface area contributed by atoms with Crippen LogP contribution in [0.25, 0.3) is 0 Å². The summed E-state index contributed by atoms with van der Waals surface area (Å²) in [4.78, 5) is 2.02. The molecule has 0 aromatic carbocycles. The summed E-state index contributed by atoms with van der Waals surface area (Å²) in [6.07, 6.45) is -0.122. The van der Waals surface area contributed by atoms with Gasteiger partial charge in [-0.1, -0.05) is 6.92 Å². The third-order valence-electron chi connectivity index (χ3n) is 2.23. The SMILES string of the molecule is CCCOCCN1C[C@@H](O)[C@@H](O)C1. The van der Waals surface area contributed by atoms with Crippen molar-refractivity contribution >= 4 is 0 Å². The van der Waals surface area contributed by atoms with Crippen LogP contribution in [-0.4, -0.2) is 60.2 Å². The summed E-state index contributed by atoms with van der Waals surface area (Å²) in [6, 6.07) is 0. The van der Waals surface area contributed by atoms with Crippen molar-refractivity contribution in [2.75, 3.05) is 32.8 Å². The average Bonchev–Trinajstić information content (AvgIpc) is 2.41. The minimum atomic E-state index is -0.578. The molecule has 1 heterocycles.